The molecule has 5 nitrogen and oxygen atoms in total. The highest BCUT2D eigenvalue weighted by Gasteiger charge is 2.35. The van der Waals surface area contributed by atoms with Crippen LogP contribution in [-0.4, -0.2) is 15.8 Å². The number of nitrogens with two attached hydrogens (primary N) is 1. The van der Waals surface area contributed by atoms with E-state index in [-0.39, 0.29) is 0 Å². The third-order valence-corrected chi connectivity index (χ3v) is 5.38. The molecule has 8 heteroatoms. The van der Waals surface area contributed by atoms with Gasteiger partial charge in [-0.3, -0.25) is 0 Å². The molecule has 3 N–H and O–H groups in total. The van der Waals surface area contributed by atoms with Crippen LogP contribution in [0.1, 0.15) is 5.69 Å². The second kappa shape index (κ2) is 7.67. The lowest BCUT2D eigenvalue weighted by Gasteiger charge is -2.10. The van der Waals surface area contributed by atoms with E-state index >= 15 is 0 Å². The van der Waals surface area contributed by atoms with Crippen molar-refractivity contribution in [3.05, 3.63) is 90.6 Å². The molecule has 5 aromatic rings. The maximum absolute atomic E-state index is 13.5. The number of nitrogens with zero attached hydrogens (tertiary/aromatic N) is 2. The molecule has 0 radical (unpaired) electrons. The number of nitrogens with one attached hydrogen (secondary N) is 1. The Kier molecular flexibility index (Phi) is 4.78. The van der Waals surface area contributed by atoms with E-state index in [0.717, 1.165) is 27.6 Å². The van der Waals surface area contributed by atoms with E-state index in [2.05, 4.69) is 16.5 Å². The van der Waals surface area contributed by atoms with Gasteiger partial charge >= 0.3 is 12.2 Å². The average molecular weight is 446 g/mol. The Labute approximate surface area is 186 Å². The lowest BCUT2D eigenvalue weighted by molar-refractivity contribution is -0.141. The molecule has 1 aromatic heterocycles. The lowest BCUT2D eigenvalue weighted by Crippen LogP contribution is -2.19. The van der Waals surface area contributed by atoms with Crippen molar-refractivity contribution in [3.63, 3.8) is 0 Å². The SMILES string of the molecule is NC(=O)Nc1ccc(-n2nc(C(F)(F)F)cc2-c2ccc3cc4ccccc4cc3c2)cc1. The quantitative estimate of drug-likeness (QED) is 0.317. The largest absolute Gasteiger partial charge is 0.435 e. The number of hydrogen-bond acceptors (Lipinski definition) is 2. The molecule has 0 aliphatic rings. The molecule has 33 heavy (non-hydrogen) atoms. The van der Waals surface area contributed by atoms with Crippen LogP contribution >= 0.6 is 0 Å². The summed E-state index contributed by atoms with van der Waals surface area (Å²) in [7, 11) is 0. The molecule has 0 unspecified atom stereocenters. The summed E-state index contributed by atoms with van der Waals surface area (Å²) < 4.78 is 41.8. The third kappa shape index (κ3) is 3.98. The molecule has 1 heterocycles. The normalized spacial score (nSPS) is 11.7. The highest BCUT2D eigenvalue weighted by Crippen LogP contribution is 2.35. The minimum absolute atomic E-state index is 0.299. The van der Waals surface area contributed by atoms with E-state index in [9.17, 15) is 18.0 Å². The zero-order chi connectivity index (χ0) is 23.2. The van der Waals surface area contributed by atoms with E-state index in [0.29, 0.717) is 22.6 Å². The van der Waals surface area contributed by atoms with Gasteiger partial charge in [-0.1, -0.05) is 36.4 Å². The fraction of sp³-hybridized carbons (Fsp3) is 0.0400. The minimum Gasteiger partial charge on any atom is -0.351 e. The number of benzene rings is 4. The van der Waals surface area contributed by atoms with Crippen molar-refractivity contribution < 1.29 is 18.0 Å². The van der Waals surface area contributed by atoms with Crippen molar-refractivity contribution in [1.29, 1.82) is 0 Å². The first kappa shape index (κ1) is 20.6. The predicted octanol–water partition coefficient (Wildman–Crippen LogP) is 6.36. The van der Waals surface area contributed by atoms with Crippen LogP contribution in [-0.2, 0) is 6.18 Å². The Morgan fingerprint density at radius 3 is 2.09 bits per heavy atom. The van der Waals surface area contributed by atoms with Crippen LogP contribution in [0.4, 0.5) is 23.7 Å². The standard InChI is InChI=1S/C25H17F3N4O/c26-25(27,28)23-14-22(32(31-23)21-9-7-20(8-10-21)30-24(29)33)18-6-5-17-11-15-3-1-2-4-16(15)12-19(17)13-18/h1-14H,(H3,29,30,33). The molecule has 0 aliphatic carbocycles. The number of halogens is 3. The Morgan fingerprint density at radius 2 is 1.45 bits per heavy atom. The molecule has 2 amide bonds. The van der Waals surface area contributed by atoms with Crippen molar-refractivity contribution in [2.24, 2.45) is 5.73 Å². The van der Waals surface area contributed by atoms with Gasteiger partial charge in [-0.2, -0.15) is 18.3 Å². The number of anilines is 1. The maximum Gasteiger partial charge on any atom is 0.435 e. The topological polar surface area (TPSA) is 72.9 Å². The van der Waals surface area contributed by atoms with Crippen LogP contribution in [0.15, 0.2) is 84.9 Å². The lowest BCUT2D eigenvalue weighted by atomic mass is 10.0. The summed E-state index contributed by atoms with van der Waals surface area (Å²) in [4.78, 5) is 11.0. The van der Waals surface area contributed by atoms with Crippen molar-refractivity contribution in [2.75, 3.05) is 5.32 Å². The van der Waals surface area contributed by atoms with Gasteiger partial charge in [0.15, 0.2) is 5.69 Å². The molecule has 0 atom stereocenters. The number of hydrogen-bond donors (Lipinski definition) is 2. The summed E-state index contributed by atoms with van der Waals surface area (Å²) >= 11 is 0. The van der Waals surface area contributed by atoms with Gasteiger partial charge in [0.25, 0.3) is 0 Å². The van der Waals surface area contributed by atoms with Gasteiger partial charge < -0.3 is 11.1 Å². The van der Waals surface area contributed by atoms with E-state index in [4.69, 9.17) is 5.73 Å². The molecule has 0 spiro atoms. The fourth-order valence-electron chi connectivity index (χ4n) is 3.85. The number of amides is 2. The highest BCUT2D eigenvalue weighted by atomic mass is 19.4. The summed E-state index contributed by atoms with van der Waals surface area (Å²) in [6, 6.07) is 24.1. The van der Waals surface area contributed by atoms with Gasteiger partial charge in [0.05, 0.1) is 11.4 Å². The van der Waals surface area contributed by atoms with Crippen LogP contribution in [0.5, 0.6) is 0 Å². The number of carbonyl (C=O) groups is 1. The molecule has 0 fully saturated rings. The molecular weight excluding hydrogens is 429 g/mol. The zero-order valence-electron chi connectivity index (χ0n) is 17.1. The first-order valence-electron chi connectivity index (χ1n) is 10.0. The fourth-order valence-corrected chi connectivity index (χ4v) is 3.85. The van der Waals surface area contributed by atoms with Crippen molar-refractivity contribution in [1.82, 2.24) is 9.78 Å². The minimum atomic E-state index is -4.60. The second-order valence-electron chi connectivity index (χ2n) is 7.62. The van der Waals surface area contributed by atoms with Gasteiger partial charge in [-0.15, -0.1) is 0 Å². The van der Waals surface area contributed by atoms with Crippen LogP contribution in [0, 0.1) is 0 Å². The monoisotopic (exact) mass is 446 g/mol. The van der Waals surface area contributed by atoms with Crippen LogP contribution in [0.25, 0.3) is 38.5 Å². The molecule has 4 aromatic carbocycles. The number of fused-ring (bicyclic) bond motifs is 2. The number of primary amides is 1. The van der Waals surface area contributed by atoms with Gasteiger partial charge in [0, 0.05) is 11.3 Å². The summed E-state index contributed by atoms with van der Waals surface area (Å²) in [5, 5.41) is 10.3. The Morgan fingerprint density at radius 1 is 0.818 bits per heavy atom. The molecule has 0 aliphatic heterocycles. The molecule has 5 rings (SSSR count). The van der Waals surface area contributed by atoms with E-state index in [1.165, 1.54) is 4.68 Å². The molecule has 0 saturated heterocycles. The highest BCUT2D eigenvalue weighted by molar-refractivity contribution is 5.99. The number of urea groups is 1. The molecule has 0 saturated carbocycles. The second-order valence-corrected chi connectivity index (χ2v) is 7.62. The smallest absolute Gasteiger partial charge is 0.351 e. The Balaban J connectivity index is 1.65. The number of aromatic nitrogens is 2. The van der Waals surface area contributed by atoms with E-state index in [1.54, 1.807) is 30.3 Å². The van der Waals surface area contributed by atoms with Crippen molar-refractivity contribution in [2.45, 2.75) is 6.18 Å². The average Bonchev–Trinajstić information content (AvgIpc) is 3.23. The van der Waals surface area contributed by atoms with Gasteiger partial charge in [0.2, 0.25) is 0 Å². The third-order valence-electron chi connectivity index (χ3n) is 5.38. The first-order chi connectivity index (χ1) is 15.8. The van der Waals surface area contributed by atoms with Crippen LogP contribution in [0.2, 0.25) is 0 Å². The molecule has 164 valence electrons. The van der Waals surface area contributed by atoms with Gasteiger partial charge in [0.1, 0.15) is 0 Å². The van der Waals surface area contributed by atoms with E-state index in [1.807, 2.05) is 42.5 Å². The number of alkyl halides is 3. The Bertz CT molecular complexity index is 1500. The summed E-state index contributed by atoms with van der Waals surface area (Å²) in [6.07, 6.45) is -4.60. The maximum atomic E-state index is 13.5. The van der Waals surface area contributed by atoms with Crippen molar-refractivity contribution >= 4 is 33.3 Å². The zero-order valence-corrected chi connectivity index (χ0v) is 17.1. The van der Waals surface area contributed by atoms with Crippen LogP contribution < -0.4 is 11.1 Å². The van der Waals surface area contributed by atoms with Gasteiger partial charge in [-0.05, 0) is 70.1 Å². The molecule has 0 bridgehead atoms. The number of carbonyl (C=O) groups excluding carboxylic acids is 1. The predicted molar refractivity (Wildman–Crippen MR) is 122 cm³/mol. The molecular formula is C25H17F3N4O. The first-order valence-corrected chi connectivity index (χ1v) is 10.0. The summed E-state index contributed by atoms with van der Waals surface area (Å²) in [5.74, 6) is 0. The van der Waals surface area contributed by atoms with E-state index < -0.39 is 17.9 Å². The number of rotatable bonds is 3. The Hall–Kier alpha value is -4.33. The van der Waals surface area contributed by atoms with Crippen molar-refractivity contribution in [3.8, 4) is 16.9 Å². The summed E-state index contributed by atoms with van der Waals surface area (Å²) in [6.45, 7) is 0. The van der Waals surface area contributed by atoms with Gasteiger partial charge in [-0.25, -0.2) is 9.48 Å². The summed E-state index contributed by atoms with van der Waals surface area (Å²) in [5.41, 5.74) is 5.85. The van der Waals surface area contributed by atoms with Crippen LogP contribution in [0.3, 0.4) is 0 Å².